The number of benzene rings is 3. The molecule has 0 aliphatic heterocycles. The Balaban J connectivity index is 2.07. The zero-order chi connectivity index (χ0) is 19.4. The number of hydrogen-bond acceptors (Lipinski definition) is 4. The van der Waals surface area contributed by atoms with Crippen LogP contribution in [0.25, 0.3) is 0 Å². The SMILES string of the molecule is COc1ccc(N(c2ccc(C(=O)O)cc2)c2ccc(C(=O)O)cc2)cc1. The lowest BCUT2D eigenvalue weighted by atomic mass is 10.1. The third kappa shape index (κ3) is 3.90. The van der Waals surface area contributed by atoms with E-state index in [0.29, 0.717) is 5.75 Å². The number of nitrogens with zero attached hydrogens (tertiary/aromatic N) is 1. The highest BCUT2D eigenvalue weighted by Crippen LogP contribution is 2.35. The third-order valence-electron chi connectivity index (χ3n) is 4.08. The quantitative estimate of drug-likeness (QED) is 0.667. The number of hydrogen-bond donors (Lipinski definition) is 2. The maximum absolute atomic E-state index is 11.1. The lowest BCUT2D eigenvalue weighted by molar-refractivity contribution is 0.0686. The Bertz CT molecular complexity index is 890. The van der Waals surface area contributed by atoms with Crippen LogP contribution in [0.2, 0.25) is 0 Å². The Morgan fingerprint density at radius 3 is 1.30 bits per heavy atom. The minimum absolute atomic E-state index is 0.189. The summed E-state index contributed by atoms with van der Waals surface area (Å²) in [5, 5.41) is 18.2. The zero-order valence-electron chi connectivity index (χ0n) is 14.5. The second kappa shape index (κ2) is 7.61. The van der Waals surface area contributed by atoms with Gasteiger partial charge in [-0.05, 0) is 72.8 Å². The molecule has 136 valence electrons. The Morgan fingerprint density at radius 1 is 0.667 bits per heavy atom. The molecule has 0 heterocycles. The Hall–Kier alpha value is -3.80. The van der Waals surface area contributed by atoms with Crippen LogP contribution in [0, 0.1) is 0 Å². The van der Waals surface area contributed by atoms with Crippen molar-refractivity contribution >= 4 is 29.0 Å². The number of rotatable bonds is 6. The molecular formula is C21H17NO5. The van der Waals surface area contributed by atoms with Gasteiger partial charge in [0.15, 0.2) is 0 Å². The fourth-order valence-electron chi connectivity index (χ4n) is 2.68. The number of carboxylic acids is 2. The molecule has 6 heteroatoms. The molecule has 0 aliphatic rings. The summed E-state index contributed by atoms with van der Waals surface area (Å²) in [7, 11) is 1.59. The summed E-state index contributed by atoms with van der Waals surface area (Å²) >= 11 is 0. The highest BCUT2D eigenvalue weighted by atomic mass is 16.5. The van der Waals surface area contributed by atoms with Crippen LogP contribution in [0.1, 0.15) is 20.7 Å². The van der Waals surface area contributed by atoms with Gasteiger partial charge in [-0.15, -0.1) is 0 Å². The van der Waals surface area contributed by atoms with Crippen molar-refractivity contribution in [2.24, 2.45) is 0 Å². The van der Waals surface area contributed by atoms with Gasteiger partial charge in [0, 0.05) is 17.1 Å². The molecule has 0 amide bonds. The van der Waals surface area contributed by atoms with Crippen LogP contribution in [-0.4, -0.2) is 29.3 Å². The van der Waals surface area contributed by atoms with Crippen LogP contribution in [0.15, 0.2) is 72.8 Å². The fraction of sp³-hybridized carbons (Fsp3) is 0.0476. The summed E-state index contributed by atoms with van der Waals surface area (Å²) in [6.07, 6.45) is 0. The van der Waals surface area contributed by atoms with E-state index in [9.17, 15) is 9.59 Å². The molecule has 0 fully saturated rings. The topological polar surface area (TPSA) is 87.1 Å². The molecule has 0 saturated heterocycles. The summed E-state index contributed by atoms with van der Waals surface area (Å²) in [5.74, 6) is -1.28. The van der Waals surface area contributed by atoms with E-state index in [1.807, 2.05) is 29.2 Å². The summed E-state index contributed by atoms with van der Waals surface area (Å²) in [4.78, 5) is 24.1. The van der Waals surface area contributed by atoms with Crippen molar-refractivity contribution < 1.29 is 24.5 Å². The third-order valence-corrected chi connectivity index (χ3v) is 4.08. The largest absolute Gasteiger partial charge is 0.497 e. The molecule has 3 rings (SSSR count). The summed E-state index contributed by atoms with van der Waals surface area (Å²) in [6, 6.07) is 20.3. The van der Waals surface area contributed by atoms with Gasteiger partial charge in [-0.3, -0.25) is 0 Å². The lowest BCUT2D eigenvalue weighted by Crippen LogP contribution is -2.10. The van der Waals surface area contributed by atoms with Crippen molar-refractivity contribution in [1.82, 2.24) is 0 Å². The molecule has 0 unspecified atom stereocenters. The number of carbonyl (C=O) groups is 2. The standard InChI is InChI=1S/C21H17NO5/c1-27-19-12-10-18(11-13-19)22(16-6-2-14(3-7-16)20(23)24)17-8-4-15(5-9-17)21(25)26/h2-13H,1H3,(H,23,24)(H,25,26). The van der Waals surface area contributed by atoms with Crippen molar-refractivity contribution in [3.05, 3.63) is 83.9 Å². The first-order valence-corrected chi connectivity index (χ1v) is 8.10. The number of ether oxygens (including phenoxy) is 1. The molecule has 27 heavy (non-hydrogen) atoms. The number of aromatic carboxylic acids is 2. The zero-order valence-corrected chi connectivity index (χ0v) is 14.5. The van der Waals surface area contributed by atoms with E-state index in [-0.39, 0.29) is 11.1 Å². The van der Waals surface area contributed by atoms with E-state index >= 15 is 0 Å². The van der Waals surface area contributed by atoms with Gasteiger partial charge < -0.3 is 19.8 Å². The molecule has 0 saturated carbocycles. The first kappa shape index (κ1) is 18.0. The van der Waals surface area contributed by atoms with Gasteiger partial charge in [-0.2, -0.15) is 0 Å². The van der Waals surface area contributed by atoms with Gasteiger partial charge in [-0.1, -0.05) is 0 Å². The number of anilines is 3. The fourth-order valence-corrected chi connectivity index (χ4v) is 2.68. The van der Waals surface area contributed by atoms with Crippen LogP contribution >= 0.6 is 0 Å². The summed E-state index contributed by atoms with van der Waals surface area (Å²) < 4.78 is 5.20. The monoisotopic (exact) mass is 363 g/mol. The number of carboxylic acid groups (broad SMARTS) is 2. The maximum atomic E-state index is 11.1. The smallest absolute Gasteiger partial charge is 0.335 e. The molecule has 0 radical (unpaired) electrons. The molecule has 3 aromatic rings. The van der Waals surface area contributed by atoms with Gasteiger partial charge in [0.1, 0.15) is 5.75 Å². The van der Waals surface area contributed by atoms with E-state index in [0.717, 1.165) is 17.1 Å². The van der Waals surface area contributed by atoms with Crippen LogP contribution in [0.4, 0.5) is 17.1 Å². The molecule has 0 bridgehead atoms. The Kier molecular flexibility index (Phi) is 5.08. The lowest BCUT2D eigenvalue weighted by Gasteiger charge is -2.25. The molecule has 2 N–H and O–H groups in total. The molecule has 6 nitrogen and oxygen atoms in total. The van der Waals surface area contributed by atoms with Gasteiger partial charge in [0.2, 0.25) is 0 Å². The van der Waals surface area contributed by atoms with Crippen molar-refractivity contribution in [1.29, 1.82) is 0 Å². The van der Waals surface area contributed by atoms with Crippen molar-refractivity contribution in [2.45, 2.75) is 0 Å². The summed E-state index contributed by atoms with van der Waals surface area (Å²) in [5.41, 5.74) is 2.69. The first-order chi connectivity index (χ1) is 13.0. The molecule has 0 spiro atoms. The minimum Gasteiger partial charge on any atom is -0.497 e. The predicted molar refractivity (Wildman–Crippen MR) is 102 cm³/mol. The van der Waals surface area contributed by atoms with E-state index in [1.165, 1.54) is 24.3 Å². The van der Waals surface area contributed by atoms with Gasteiger partial charge in [-0.25, -0.2) is 9.59 Å². The Morgan fingerprint density at radius 2 is 1.00 bits per heavy atom. The average Bonchev–Trinajstić information content (AvgIpc) is 2.69. The van der Waals surface area contributed by atoms with E-state index in [1.54, 1.807) is 31.4 Å². The van der Waals surface area contributed by atoms with Gasteiger partial charge in [0.05, 0.1) is 18.2 Å². The average molecular weight is 363 g/mol. The van der Waals surface area contributed by atoms with E-state index in [4.69, 9.17) is 14.9 Å². The van der Waals surface area contributed by atoms with Crippen LogP contribution < -0.4 is 9.64 Å². The van der Waals surface area contributed by atoms with Gasteiger partial charge in [0.25, 0.3) is 0 Å². The van der Waals surface area contributed by atoms with Crippen molar-refractivity contribution in [3.8, 4) is 5.75 Å². The van der Waals surface area contributed by atoms with Crippen molar-refractivity contribution in [2.75, 3.05) is 12.0 Å². The second-order valence-electron chi connectivity index (χ2n) is 5.74. The molecule has 0 aliphatic carbocycles. The molecular weight excluding hydrogens is 346 g/mol. The summed E-state index contributed by atoms with van der Waals surface area (Å²) in [6.45, 7) is 0. The molecule has 0 aromatic heterocycles. The molecule has 3 aromatic carbocycles. The van der Waals surface area contributed by atoms with Crippen LogP contribution in [0.3, 0.4) is 0 Å². The normalized spacial score (nSPS) is 10.3. The van der Waals surface area contributed by atoms with Crippen molar-refractivity contribution in [3.63, 3.8) is 0 Å². The predicted octanol–water partition coefficient (Wildman–Crippen LogP) is 4.56. The minimum atomic E-state index is -0.997. The van der Waals surface area contributed by atoms with Crippen LogP contribution in [0.5, 0.6) is 5.75 Å². The van der Waals surface area contributed by atoms with Gasteiger partial charge >= 0.3 is 11.9 Å². The van der Waals surface area contributed by atoms with E-state index < -0.39 is 11.9 Å². The second-order valence-corrected chi connectivity index (χ2v) is 5.74. The van der Waals surface area contributed by atoms with Crippen LogP contribution in [-0.2, 0) is 0 Å². The Labute approximate surface area is 155 Å². The van der Waals surface area contributed by atoms with E-state index in [2.05, 4.69) is 0 Å². The molecule has 0 atom stereocenters. The number of methoxy groups -OCH3 is 1. The highest BCUT2D eigenvalue weighted by Gasteiger charge is 2.14. The maximum Gasteiger partial charge on any atom is 0.335 e. The first-order valence-electron chi connectivity index (χ1n) is 8.10. The highest BCUT2D eigenvalue weighted by molar-refractivity contribution is 5.90.